The third-order valence-corrected chi connectivity index (χ3v) is 3.67. The summed E-state index contributed by atoms with van der Waals surface area (Å²) in [5, 5.41) is 5.46. The summed E-state index contributed by atoms with van der Waals surface area (Å²) in [6, 6.07) is -0.566. The molecule has 5 nitrogen and oxygen atoms in total. The fourth-order valence-electron chi connectivity index (χ4n) is 1.93. The lowest BCUT2D eigenvalue weighted by Crippen LogP contribution is -2.48. The molecular weight excluding hydrogens is 266 g/mol. The number of carbonyl (C=O) groups is 2. The molecule has 5 heteroatoms. The Morgan fingerprint density at radius 3 is 2.29 bits per heavy atom. The van der Waals surface area contributed by atoms with Crippen LogP contribution in [0.3, 0.4) is 0 Å². The number of carbonyl (C=O) groups excluding carboxylic acids is 2. The quantitative estimate of drug-likeness (QED) is 0.538. The van der Waals surface area contributed by atoms with Crippen molar-refractivity contribution >= 4 is 11.8 Å². The number of hydrogen-bond acceptors (Lipinski definition) is 3. The molecule has 0 aliphatic rings. The molecule has 0 aromatic rings. The van der Waals surface area contributed by atoms with Crippen LogP contribution in [0.4, 0.5) is 0 Å². The molecule has 0 aliphatic carbocycles. The Labute approximate surface area is 129 Å². The Hall–Kier alpha value is -1.10. The van der Waals surface area contributed by atoms with Crippen LogP contribution in [0.25, 0.3) is 0 Å². The van der Waals surface area contributed by atoms with E-state index in [1.165, 1.54) is 19.3 Å². The molecule has 0 fully saturated rings. The Morgan fingerprint density at radius 1 is 1.14 bits per heavy atom. The van der Waals surface area contributed by atoms with Crippen molar-refractivity contribution in [1.29, 1.82) is 0 Å². The molecule has 0 aliphatic heterocycles. The molecule has 124 valence electrons. The van der Waals surface area contributed by atoms with Gasteiger partial charge in [0.1, 0.15) is 0 Å². The van der Waals surface area contributed by atoms with Gasteiger partial charge in [-0.1, -0.05) is 53.9 Å². The predicted molar refractivity (Wildman–Crippen MR) is 86.8 cm³/mol. The van der Waals surface area contributed by atoms with Gasteiger partial charge in [0.15, 0.2) is 0 Å². The monoisotopic (exact) mass is 299 g/mol. The van der Waals surface area contributed by atoms with E-state index in [9.17, 15) is 9.59 Å². The summed E-state index contributed by atoms with van der Waals surface area (Å²) in [7, 11) is 0. The van der Waals surface area contributed by atoms with Crippen LogP contribution in [0.15, 0.2) is 0 Å². The molecule has 0 aromatic carbocycles. The lowest BCUT2D eigenvalue weighted by Gasteiger charge is -2.25. The first-order valence-corrected chi connectivity index (χ1v) is 7.99. The van der Waals surface area contributed by atoms with E-state index < -0.39 is 6.04 Å². The Morgan fingerprint density at radius 2 is 1.76 bits per heavy atom. The maximum Gasteiger partial charge on any atom is 0.239 e. The second-order valence-corrected chi connectivity index (χ2v) is 6.89. The van der Waals surface area contributed by atoms with Crippen LogP contribution in [0, 0.1) is 11.3 Å². The Balaban J connectivity index is 3.97. The van der Waals surface area contributed by atoms with Crippen molar-refractivity contribution in [3.63, 3.8) is 0 Å². The van der Waals surface area contributed by atoms with Crippen LogP contribution in [-0.4, -0.2) is 30.9 Å². The summed E-state index contributed by atoms with van der Waals surface area (Å²) >= 11 is 0. The van der Waals surface area contributed by atoms with Gasteiger partial charge < -0.3 is 16.4 Å². The van der Waals surface area contributed by atoms with E-state index in [2.05, 4.69) is 31.4 Å². The average Bonchev–Trinajstić information content (AvgIpc) is 2.41. The molecule has 1 atom stereocenters. The lowest BCUT2D eigenvalue weighted by atomic mass is 9.87. The Bertz CT molecular complexity index is 327. The van der Waals surface area contributed by atoms with E-state index in [-0.39, 0.29) is 29.7 Å². The highest BCUT2D eigenvalue weighted by Gasteiger charge is 2.20. The smallest absolute Gasteiger partial charge is 0.239 e. The fourth-order valence-corrected chi connectivity index (χ4v) is 1.93. The van der Waals surface area contributed by atoms with Crippen molar-refractivity contribution in [1.82, 2.24) is 10.6 Å². The van der Waals surface area contributed by atoms with Crippen LogP contribution >= 0.6 is 0 Å². The predicted octanol–water partition coefficient (Wildman–Crippen LogP) is 1.81. The van der Waals surface area contributed by atoms with Gasteiger partial charge in [-0.05, 0) is 17.8 Å². The number of hydrogen-bond donors (Lipinski definition) is 3. The zero-order valence-electron chi connectivity index (χ0n) is 14.3. The number of unbranched alkanes of at least 4 members (excludes halogenated alkanes) is 2. The largest absolute Gasteiger partial charge is 0.354 e. The molecule has 21 heavy (non-hydrogen) atoms. The third-order valence-electron chi connectivity index (χ3n) is 3.67. The molecule has 0 saturated carbocycles. The van der Waals surface area contributed by atoms with Crippen molar-refractivity contribution in [2.45, 2.75) is 66.3 Å². The topological polar surface area (TPSA) is 84.2 Å². The maximum absolute atomic E-state index is 11.7. The van der Waals surface area contributed by atoms with Crippen molar-refractivity contribution in [3.05, 3.63) is 0 Å². The molecule has 0 unspecified atom stereocenters. The summed E-state index contributed by atoms with van der Waals surface area (Å²) in [4.78, 5) is 23.4. The summed E-state index contributed by atoms with van der Waals surface area (Å²) in [5.41, 5.74) is 5.80. The normalized spacial score (nSPS) is 13.1. The number of nitrogens with one attached hydrogen (secondary N) is 2. The molecule has 0 aromatic heterocycles. The SMILES string of the molecule is CCCCCC(C)(C)CNC(=O)CNC(=O)[C@@H](N)C(C)C. The first-order chi connectivity index (χ1) is 9.69. The molecule has 0 heterocycles. The molecule has 0 spiro atoms. The van der Waals surface area contributed by atoms with Gasteiger partial charge in [-0.2, -0.15) is 0 Å². The second kappa shape index (κ2) is 9.77. The second-order valence-electron chi connectivity index (χ2n) is 6.89. The van der Waals surface area contributed by atoms with E-state index in [0.29, 0.717) is 6.54 Å². The summed E-state index contributed by atoms with van der Waals surface area (Å²) in [6.45, 7) is 10.9. The molecule has 2 amide bonds. The zero-order valence-corrected chi connectivity index (χ0v) is 14.3. The minimum absolute atomic E-state index is 0.00963. The molecular formula is C16H33N3O2. The summed E-state index contributed by atoms with van der Waals surface area (Å²) in [6.07, 6.45) is 4.69. The highest BCUT2D eigenvalue weighted by atomic mass is 16.2. The minimum atomic E-state index is -0.566. The summed E-state index contributed by atoms with van der Waals surface area (Å²) < 4.78 is 0. The van der Waals surface area contributed by atoms with Crippen molar-refractivity contribution in [2.75, 3.05) is 13.1 Å². The van der Waals surface area contributed by atoms with E-state index in [0.717, 1.165) is 6.42 Å². The average molecular weight is 299 g/mol. The molecule has 4 N–H and O–H groups in total. The molecule has 0 bridgehead atoms. The van der Waals surface area contributed by atoms with Gasteiger partial charge in [0.05, 0.1) is 12.6 Å². The Kier molecular flexibility index (Phi) is 9.26. The minimum Gasteiger partial charge on any atom is -0.354 e. The number of amides is 2. The standard InChI is InChI=1S/C16H33N3O2/c1-6-7-8-9-16(4,5)11-19-13(20)10-18-15(21)14(17)12(2)3/h12,14H,6-11,17H2,1-5H3,(H,18,21)(H,19,20)/t14-/m0/s1. The zero-order chi connectivity index (χ0) is 16.5. The lowest BCUT2D eigenvalue weighted by molar-refractivity contribution is -0.127. The van der Waals surface area contributed by atoms with E-state index in [1.807, 2.05) is 13.8 Å². The first kappa shape index (κ1) is 19.9. The van der Waals surface area contributed by atoms with E-state index in [4.69, 9.17) is 5.73 Å². The number of rotatable bonds is 10. The van der Waals surface area contributed by atoms with Crippen LogP contribution in [0.5, 0.6) is 0 Å². The maximum atomic E-state index is 11.7. The third kappa shape index (κ3) is 9.45. The molecule has 0 saturated heterocycles. The highest BCUT2D eigenvalue weighted by Crippen LogP contribution is 2.22. The first-order valence-electron chi connectivity index (χ1n) is 7.99. The van der Waals surface area contributed by atoms with Gasteiger partial charge in [-0.15, -0.1) is 0 Å². The molecule has 0 radical (unpaired) electrons. The van der Waals surface area contributed by atoms with Crippen molar-refractivity contribution in [2.24, 2.45) is 17.1 Å². The molecule has 0 rings (SSSR count). The highest BCUT2D eigenvalue weighted by molar-refractivity contribution is 5.87. The van der Waals surface area contributed by atoms with Crippen molar-refractivity contribution < 1.29 is 9.59 Å². The van der Waals surface area contributed by atoms with Gasteiger partial charge in [-0.25, -0.2) is 0 Å². The fraction of sp³-hybridized carbons (Fsp3) is 0.875. The summed E-state index contributed by atoms with van der Waals surface area (Å²) in [5.74, 6) is -0.379. The van der Waals surface area contributed by atoms with E-state index >= 15 is 0 Å². The van der Waals surface area contributed by atoms with Gasteiger partial charge in [0, 0.05) is 6.54 Å². The van der Waals surface area contributed by atoms with Crippen molar-refractivity contribution in [3.8, 4) is 0 Å². The number of nitrogens with two attached hydrogens (primary N) is 1. The van der Waals surface area contributed by atoms with Gasteiger partial charge in [0.2, 0.25) is 11.8 Å². The van der Waals surface area contributed by atoms with Gasteiger partial charge >= 0.3 is 0 Å². The van der Waals surface area contributed by atoms with Crippen LogP contribution in [0.1, 0.15) is 60.3 Å². The van der Waals surface area contributed by atoms with Gasteiger partial charge in [0.25, 0.3) is 0 Å². The van der Waals surface area contributed by atoms with Crippen LogP contribution < -0.4 is 16.4 Å². The van der Waals surface area contributed by atoms with Crippen LogP contribution in [-0.2, 0) is 9.59 Å². The van der Waals surface area contributed by atoms with E-state index in [1.54, 1.807) is 0 Å². The van der Waals surface area contributed by atoms with Gasteiger partial charge in [-0.3, -0.25) is 9.59 Å². The van der Waals surface area contributed by atoms with Crippen LogP contribution in [0.2, 0.25) is 0 Å².